The lowest BCUT2D eigenvalue weighted by molar-refractivity contribution is -0.317. The zero-order valence-electron chi connectivity index (χ0n) is 43.5. The highest BCUT2D eigenvalue weighted by Crippen LogP contribution is 2.48. The van der Waals surface area contributed by atoms with E-state index in [0.717, 1.165) is 51.4 Å². The van der Waals surface area contributed by atoms with Gasteiger partial charge in [-0.2, -0.15) is 0 Å². The van der Waals surface area contributed by atoms with Crippen molar-refractivity contribution in [2.45, 2.75) is 281 Å². The molecule has 1 saturated heterocycles. The molecule has 1 amide bonds. The van der Waals surface area contributed by atoms with E-state index in [9.17, 15) is 59.6 Å². The van der Waals surface area contributed by atoms with E-state index < -0.39 is 125 Å². The molecule has 2 fully saturated rings. The van der Waals surface area contributed by atoms with Crippen molar-refractivity contribution in [3.05, 3.63) is 0 Å². The Hall–Kier alpha value is -1.84. The van der Waals surface area contributed by atoms with Crippen LogP contribution in [-0.4, -0.2) is 152 Å². The van der Waals surface area contributed by atoms with Gasteiger partial charge in [0, 0.05) is 18.8 Å². The summed E-state index contributed by atoms with van der Waals surface area (Å²) in [4.78, 5) is 49.5. The monoisotopic (exact) mass is 1040 g/mol. The van der Waals surface area contributed by atoms with Crippen LogP contribution in [0.25, 0.3) is 0 Å². The number of rotatable bonds is 41. The summed E-state index contributed by atoms with van der Waals surface area (Å²) in [7, 11) is -5.41. The molecule has 1 aliphatic carbocycles. The lowest BCUT2D eigenvalue weighted by atomic mass is 9.84. The summed E-state index contributed by atoms with van der Waals surface area (Å²) < 4.78 is 46.5. The molecule has 19 nitrogen and oxygen atoms in total. The Kier molecular flexibility index (Phi) is 34.8. The molecule has 0 bridgehead atoms. The number of carbonyl (C=O) groups excluding carboxylic acids is 3. The predicted molar refractivity (Wildman–Crippen MR) is 266 cm³/mol. The van der Waals surface area contributed by atoms with E-state index in [4.69, 9.17) is 28.0 Å². The van der Waals surface area contributed by atoms with Crippen molar-refractivity contribution in [1.29, 1.82) is 0 Å². The molecule has 71 heavy (non-hydrogen) atoms. The van der Waals surface area contributed by atoms with Gasteiger partial charge in [0.2, 0.25) is 5.91 Å². The maximum absolute atomic E-state index is 13.6. The van der Waals surface area contributed by atoms with Gasteiger partial charge in [0.05, 0.1) is 13.2 Å². The smallest absolute Gasteiger partial charge is 0.462 e. The van der Waals surface area contributed by atoms with Crippen molar-refractivity contribution in [3.63, 3.8) is 0 Å². The van der Waals surface area contributed by atoms with Crippen LogP contribution in [0, 0.1) is 5.92 Å². The van der Waals surface area contributed by atoms with E-state index in [0.29, 0.717) is 12.8 Å². The summed E-state index contributed by atoms with van der Waals surface area (Å²) in [5.74, 6) is -2.49. The van der Waals surface area contributed by atoms with Gasteiger partial charge in [-0.3, -0.25) is 23.4 Å². The van der Waals surface area contributed by atoms with Crippen LogP contribution in [0.15, 0.2) is 0 Å². The molecular weight excluding hydrogens is 946 g/mol. The third kappa shape index (κ3) is 26.5. The van der Waals surface area contributed by atoms with Gasteiger partial charge in [-0.15, -0.1) is 0 Å². The van der Waals surface area contributed by atoms with E-state index in [1.807, 2.05) is 0 Å². The highest BCUT2D eigenvalue weighted by Gasteiger charge is 2.55. The second-order valence-corrected chi connectivity index (χ2v) is 21.5. The molecule has 418 valence electrons. The standard InChI is InChI=1S/C51H96NO18P/c1-5-7-9-11-13-15-17-19-21-23-25-27-29-31-39(54)65-34-37(67-40(55)32-30-28-26-24-22-20-18-16-14-12-10-8-6-2)35-66-71(63,64)70-49-47(61)45(59)44(58)46(60)48(49)69-51-41(52-50(62)36(3)4)43(57)42(56)38(33-53)68-51/h36-38,41-49,51,53,56-61H,5-35H2,1-4H3,(H,52,62)(H,63,64)/t37-,38-,41-,42-,43-,44-,45-,46+,47-,48-,49-,51-/m1/s1. The van der Waals surface area contributed by atoms with Gasteiger partial charge in [0.25, 0.3) is 0 Å². The van der Waals surface area contributed by atoms with Crippen molar-refractivity contribution in [3.8, 4) is 0 Å². The lowest BCUT2D eigenvalue weighted by Crippen LogP contribution is -2.69. The number of unbranched alkanes of at least 4 members (excludes halogenated alkanes) is 24. The second kappa shape index (κ2) is 37.8. The first-order chi connectivity index (χ1) is 34.0. The Morgan fingerprint density at radius 2 is 0.986 bits per heavy atom. The fraction of sp³-hybridized carbons (Fsp3) is 0.941. The molecule has 2 aliphatic rings. The van der Waals surface area contributed by atoms with E-state index in [-0.39, 0.29) is 12.8 Å². The topological polar surface area (TPSA) is 298 Å². The molecule has 20 heteroatoms. The minimum Gasteiger partial charge on any atom is -0.462 e. The van der Waals surface area contributed by atoms with E-state index >= 15 is 0 Å². The van der Waals surface area contributed by atoms with E-state index in [1.165, 1.54) is 117 Å². The van der Waals surface area contributed by atoms with Gasteiger partial charge in [0.15, 0.2) is 12.4 Å². The second-order valence-electron chi connectivity index (χ2n) is 20.1. The molecular formula is C51H96NO18P. The minimum absolute atomic E-state index is 0.0323. The highest BCUT2D eigenvalue weighted by atomic mass is 31.2. The first-order valence-corrected chi connectivity index (χ1v) is 28.8. The Bertz CT molecular complexity index is 1460. The molecule has 0 aromatic carbocycles. The maximum atomic E-state index is 13.6. The summed E-state index contributed by atoms with van der Waals surface area (Å²) in [5, 5.41) is 77.1. The summed E-state index contributed by atoms with van der Waals surface area (Å²) in [6.45, 7) is 5.28. The van der Waals surface area contributed by atoms with Crippen LogP contribution < -0.4 is 5.32 Å². The first kappa shape index (κ1) is 65.3. The number of amides is 1. The van der Waals surface area contributed by atoms with Gasteiger partial charge in [-0.25, -0.2) is 4.57 Å². The number of hydrogen-bond donors (Lipinski definition) is 9. The first-order valence-electron chi connectivity index (χ1n) is 27.3. The Morgan fingerprint density at radius 1 is 0.563 bits per heavy atom. The fourth-order valence-electron chi connectivity index (χ4n) is 8.85. The van der Waals surface area contributed by atoms with Gasteiger partial charge in [0.1, 0.15) is 67.6 Å². The van der Waals surface area contributed by atoms with Crippen molar-refractivity contribution < 1.29 is 87.6 Å². The maximum Gasteiger partial charge on any atom is 0.472 e. The lowest BCUT2D eigenvalue weighted by Gasteiger charge is -2.48. The Labute approximate surface area is 424 Å². The quantitative estimate of drug-likeness (QED) is 0.0184. The fourth-order valence-corrected chi connectivity index (χ4v) is 9.82. The van der Waals surface area contributed by atoms with Crippen LogP contribution in [0.5, 0.6) is 0 Å². The number of carbonyl (C=O) groups is 3. The number of nitrogens with one attached hydrogen (secondary N) is 1. The van der Waals surface area contributed by atoms with Gasteiger partial charge in [-0.05, 0) is 12.8 Å². The largest absolute Gasteiger partial charge is 0.472 e. The zero-order chi connectivity index (χ0) is 52.6. The molecule has 1 saturated carbocycles. The number of aliphatic hydroxyl groups is 7. The van der Waals surface area contributed by atoms with Crippen LogP contribution in [0.1, 0.15) is 207 Å². The summed E-state index contributed by atoms with van der Waals surface area (Å²) in [6.07, 6.45) is 8.19. The van der Waals surface area contributed by atoms with Crippen LogP contribution in [0.3, 0.4) is 0 Å². The van der Waals surface area contributed by atoms with E-state index in [1.54, 1.807) is 0 Å². The van der Waals surface area contributed by atoms with Crippen LogP contribution in [0.2, 0.25) is 0 Å². The number of phosphoric ester groups is 1. The summed E-state index contributed by atoms with van der Waals surface area (Å²) in [6, 6.07) is -1.59. The SMILES string of the molecule is CCCCCCCCCCCCCCCC(=O)OC[C@H](COP(=O)(O)O[C@@H]1[C@H](O)[C@H](O)[C@@H](O)[C@H](O)[C@H]1O[C@H]1O[C@H](CO)[C@@H](O)[C@H](O)[C@H]1NC(=O)C(C)C)OC(=O)CCCCCCCCCCCCCCC. The third-order valence-electron chi connectivity index (χ3n) is 13.4. The number of esters is 2. The molecule has 0 radical (unpaired) electrons. The average molecular weight is 1040 g/mol. The number of ether oxygens (including phenoxy) is 4. The van der Waals surface area contributed by atoms with Crippen molar-refractivity contribution >= 4 is 25.7 Å². The molecule has 1 aliphatic heterocycles. The van der Waals surface area contributed by atoms with Crippen molar-refractivity contribution in [2.24, 2.45) is 5.92 Å². The third-order valence-corrected chi connectivity index (χ3v) is 14.4. The molecule has 0 aromatic heterocycles. The number of hydrogen-bond acceptors (Lipinski definition) is 17. The number of phosphoric acid groups is 1. The molecule has 0 spiro atoms. The molecule has 2 rings (SSSR count). The van der Waals surface area contributed by atoms with E-state index in [2.05, 4.69) is 19.2 Å². The number of aliphatic hydroxyl groups excluding tert-OH is 7. The molecule has 9 N–H and O–H groups in total. The Balaban J connectivity index is 2.05. The van der Waals surface area contributed by atoms with Crippen molar-refractivity contribution in [1.82, 2.24) is 5.32 Å². The van der Waals surface area contributed by atoms with Crippen LogP contribution in [0.4, 0.5) is 0 Å². The zero-order valence-corrected chi connectivity index (χ0v) is 44.4. The summed E-state index contributed by atoms with van der Waals surface area (Å²) in [5.41, 5.74) is 0. The van der Waals surface area contributed by atoms with Gasteiger partial charge in [-0.1, -0.05) is 182 Å². The van der Waals surface area contributed by atoms with Crippen LogP contribution >= 0.6 is 7.82 Å². The normalized spacial score (nSPS) is 27.0. The molecule has 0 aromatic rings. The molecule has 1 heterocycles. The minimum atomic E-state index is -5.41. The molecule has 1 unspecified atom stereocenters. The molecule has 13 atom stereocenters. The highest BCUT2D eigenvalue weighted by molar-refractivity contribution is 7.47. The summed E-state index contributed by atoms with van der Waals surface area (Å²) >= 11 is 0. The predicted octanol–water partition coefficient (Wildman–Crippen LogP) is 6.33. The van der Waals surface area contributed by atoms with Gasteiger partial charge < -0.3 is 64.9 Å². The van der Waals surface area contributed by atoms with Gasteiger partial charge >= 0.3 is 19.8 Å². The van der Waals surface area contributed by atoms with Crippen molar-refractivity contribution in [2.75, 3.05) is 19.8 Å². The Morgan fingerprint density at radius 3 is 1.42 bits per heavy atom. The average Bonchev–Trinajstić information content (AvgIpc) is 3.34. The van der Waals surface area contributed by atoms with Crippen LogP contribution in [-0.2, 0) is 46.9 Å².